The Morgan fingerprint density at radius 2 is 2.12 bits per heavy atom. The number of hydrogen-bond acceptors (Lipinski definition) is 2. The zero-order valence-corrected chi connectivity index (χ0v) is 4.67. The Bertz CT molecular complexity index is 105. The van der Waals surface area contributed by atoms with Gasteiger partial charge in [-0.3, -0.25) is 0 Å². The van der Waals surface area contributed by atoms with Gasteiger partial charge in [0.2, 0.25) is 5.96 Å². The molecule has 0 bridgehead atoms. The number of guanidine groups is 1. The molecule has 0 amide bonds. The van der Waals surface area contributed by atoms with Gasteiger partial charge < -0.3 is 16.5 Å². The Labute approximate surface area is 48.1 Å². The van der Waals surface area contributed by atoms with Crippen molar-refractivity contribution < 1.29 is 0 Å². The predicted octanol–water partition coefficient (Wildman–Crippen LogP) is -1.12. The van der Waals surface area contributed by atoms with Crippen LogP contribution in [0.3, 0.4) is 0 Å². The van der Waals surface area contributed by atoms with Crippen LogP contribution in [0.2, 0.25) is 0 Å². The van der Waals surface area contributed by atoms with Gasteiger partial charge in [-0.05, 0) is 6.42 Å². The third-order valence-electron chi connectivity index (χ3n) is 1.31. The van der Waals surface area contributed by atoms with E-state index in [2.05, 4.69) is 5.10 Å². The van der Waals surface area contributed by atoms with Crippen LogP contribution in [-0.2, 0) is 0 Å². The van der Waals surface area contributed by atoms with Gasteiger partial charge in [-0.25, -0.2) is 0 Å². The minimum Gasteiger partial charge on any atom is -0.368 e. The highest BCUT2D eigenvalue weighted by Gasteiger charge is 2.14. The first-order valence-corrected chi connectivity index (χ1v) is 2.63. The molecule has 0 unspecified atom stereocenters. The van der Waals surface area contributed by atoms with Crippen LogP contribution >= 0.6 is 0 Å². The summed E-state index contributed by atoms with van der Waals surface area (Å²) in [6, 6.07) is 0. The molecule has 1 fully saturated rings. The molecular weight excluding hydrogens is 104 g/mol. The van der Waals surface area contributed by atoms with E-state index in [4.69, 9.17) is 11.6 Å². The molecule has 0 aromatic carbocycles. The summed E-state index contributed by atoms with van der Waals surface area (Å²) in [7, 11) is 0. The molecule has 1 aliphatic heterocycles. The third-order valence-corrected chi connectivity index (χ3v) is 1.31. The van der Waals surface area contributed by atoms with Crippen LogP contribution in [-0.4, -0.2) is 23.9 Å². The second kappa shape index (κ2) is 1.90. The van der Waals surface area contributed by atoms with E-state index in [-0.39, 0.29) is 0 Å². The van der Waals surface area contributed by atoms with E-state index >= 15 is 0 Å². The second-order valence-corrected chi connectivity index (χ2v) is 1.83. The molecule has 0 aromatic heterocycles. The van der Waals surface area contributed by atoms with Gasteiger partial charge in [0.05, 0.1) is 0 Å². The molecule has 4 nitrogen and oxygen atoms in total. The van der Waals surface area contributed by atoms with Gasteiger partial charge in [-0.15, -0.1) is 5.10 Å². The van der Waals surface area contributed by atoms with Crippen molar-refractivity contribution in [3.63, 3.8) is 0 Å². The maximum atomic E-state index is 5.33. The Hall–Kier alpha value is -0.930. The summed E-state index contributed by atoms with van der Waals surface area (Å²) in [6.45, 7) is 2.01. The Kier molecular flexibility index (Phi) is 1.24. The topological polar surface area (TPSA) is 67.6 Å². The molecule has 46 valence electrons. The van der Waals surface area contributed by atoms with E-state index in [9.17, 15) is 0 Å². The molecule has 0 spiro atoms. The van der Waals surface area contributed by atoms with Crippen LogP contribution in [0, 0.1) is 0 Å². The van der Waals surface area contributed by atoms with Gasteiger partial charge in [-0.1, -0.05) is 0 Å². The van der Waals surface area contributed by atoms with Crippen molar-refractivity contribution in [2.75, 3.05) is 13.1 Å². The SMILES string of the molecule is NN=C(N)N1CCC1. The van der Waals surface area contributed by atoms with Crippen molar-refractivity contribution in [2.24, 2.45) is 16.7 Å². The molecule has 0 radical (unpaired) electrons. The first kappa shape index (κ1) is 5.21. The lowest BCUT2D eigenvalue weighted by Crippen LogP contribution is -2.46. The van der Waals surface area contributed by atoms with E-state index < -0.39 is 0 Å². The van der Waals surface area contributed by atoms with Gasteiger partial charge >= 0.3 is 0 Å². The van der Waals surface area contributed by atoms with Crippen LogP contribution in [0.5, 0.6) is 0 Å². The summed E-state index contributed by atoms with van der Waals surface area (Å²) in [5, 5.41) is 3.33. The van der Waals surface area contributed by atoms with Gasteiger partial charge in [0.1, 0.15) is 0 Å². The molecule has 1 aliphatic rings. The van der Waals surface area contributed by atoms with Gasteiger partial charge in [0.15, 0.2) is 0 Å². The zero-order valence-electron chi connectivity index (χ0n) is 4.67. The Morgan fingerprint density at radius 1 is 1.50 bits per heavy atom. The van der Waals surface area contributed by atoms with E-state index in [0.29, 0.717) is 5.96 Å². The Balaban J connectivity index is 2.34. The highest BCUT2D eigenvalue weighted by Crippen LogP contribution is 2.02. The lowest BCUT2D eigenvalue weighted by atomic mass is 10.2. The van der Waals surface area contributed by atoms with Crippen molar-refractivity contribution in [1.29, 1.82) is 0 Å². The fraction of sp³-hybridized carbons (Fsp3) is 0.750. The zero-order chi connectivity index (χ0) is 5.98. The lowest BCUT2D eigenvalue weighted by molar-refractivity contribution is 0.296. The highest BCUT2D eigenvalue weighted by atomic mass is 15.3. The number of hydrazone groups is 1. The summed E-state index contributed by atoms with van der Waals surface area (Å²) < 4.78 is 0. The summed E-state index contributed by atoms with van der Waals surface area (Å²) in [4.78, 5) is 1.93. The minimum atomic E-state index is 0.455. The molecule has 0 aromatic rings. The van der Waals surface area contributed by atoms with Crippen LogP contribution < -0.4 is 11.6 Å². The van der Waals surface area contributed by atoms with E-state index in [1.54, 1.807) is 0 Å². The monoisotopic (exact) mass is 114 g/mol. The average molecular weight is 114 g/mol. The van der Waals surface area contributed by atoms with Crippen LogP contribution in [0.1, 0.15) is 6.42 Å². The van der Waals surface area contributed by atoms with Crippen molar-refractivity contribution in [2.45, 2.75) is 6.42 Å². The molecule has 4 heteroatoms. The first-order valence-electron chi connectivity index (χ1n) is 2.63. The quantitative estimate of drug-likeness (QED) is 0.181. The summed E-state index contributed by atoms with van der Waals surface area (Å²) in [6.07, 6.45) is 1.20. The number of nitrogens with zero attached hydrogens (tertiary/aromatic N) is 2. The van der Waals surface area contributed by atoms with Crippen molar-refractivity contribution in [3.05, 3.63) is 0 Å². The van der Waals surface area contributed by atoms with E-state index in [1.807, 2.05) is 4.90 Å². The molecule has 8 heavy (non-hydrogen) atoms. The van der Waals surface area contributed by atoms with Crippen molar-refractivity contribution >= 4 is 5.96 Å². The summed E-state index contributed by atoms with van der Waals surface area (Å²) in [5.41, 5.74) is 5.33. The number of nitrogens with two attached hydrogens (primary N) is 2. The molecular formula is C4H10N4. The molecule has 0 saturated carbocycles. The van der Waals surface area contributed by atoms with Gasteiger partial charge in [0.25, 0.3) is 0 Å². The largest absolute Gasteiger partial charge is 0.368 e. The predicted molar refractivity (Wildman–Crippen MR) is 32.0 cm³/mol. The van der Waals surface area contributed by atoms with Gasteiger partial charge in [0, 0.05) is 13.1 Å². The number of rotatable bonds is 0. The Morgan fingerprint density at radius 3 is 2.25 bits per heavy atom. The van der Waals surface area contributed by atoms with Crippen LogP contribution in [0.15, 0.2) is 5.10 Å². The minimum absolute atomic E-state index is 0.455. The maximum Gasteiger partial charge on any atom is 0.213 e. The van der Waals surface area contributed by atoms with Crippen LogP contribution in [0.4, 0.5) is 0 Å². The third kappa shape index (κ3) is 0.685. The number of hydrogen-bond donors (Lipinski definition) is 2. The smallest absolute Gasteiger partial charge is 0.213 e. The fourth-order valence-electron chi connectivity index (χ4n) is 0.627. The lowest BCUT2D eigenvalue weighted by Gasteiger charge is -2.30. The highest BCUT2D eigenvalue weighted by molar-refractivity contribution is 5.78. The molecule has 1 saturated heterocycles. The normalized spacial score (nSPS) is 20.5. The summed E-state index contributed by atoms with van der Waals surface area (Å²) in [5.74, 6) is 5.36. The second-order valence-electron chi connectivity index (χ2n) is 1.83. The molecule has 4 N–H and O–H groups in total. The van der Waals surface area contributed by atoms with Crippen LogP contribution in [0.25, 0.3) is 0 Å². The number of likely N-dealkylation sites (tertiary alicyclic amines) is 1. The molecule has 0 atom stereocenters. The summed E-state index contributed by atoms with van der Waals surface area (Å²) >= 11 is 0. The maximum absolute atomic E-state index is 5.33. The fourth-order valence-corrected chi connectivity index (χ4v) is 0.627. The average Bonchev–Trinajstić information content (AvgIpc) is 1.62. The van der Waals surface area contributed by atoms with Gasteiger partial charge in [-0.2, -0.15) is 0 Å². The van der Waals surface area contributed by atoms with Crippen molar-refractivity contribution in [1.82, 2.24) is 4.90 Å². The molecule has 1 heterocycles. The van der Waals surface area contributed by atoms with E-state index in [0.717, 1.165) is 13.1 Å². The van der Waals surface area contributed by atoms with E-state index in [1.165, 1.54) is 6.42 Å². The molecule has 1 rings (SSSR count). The standard InChI is InChI=1S/C4H10N4/c5-4(7-6)8-2-1-3-8/h1-3,6H2,(H2,5,7). The van der Waals surface area contributed by atoms with Crippen molar-refractivity contribution in [3.8, 4) is 0 Å². The molecule has 0 aliphatic carbocycles. The first-order chi connectivity index (χ1) is 3.84.